The van der Waals surface area contributed by atoms with Crippen molar-refractivity contribution in [1.82, 2.24) is 5.32 Å². The van der Waals surface area contributed by atoms with Crippen LogP contribution in [-0.4, -0.2) is 12.5 Å². The van der Waals surface area contributed by atoms with Crippen molar-refractivity contribution in [1.29, 1.82) is 0 Å². The van der Waals surface area contributed by atoms with E-state index < -0.39 is 0 Å². The summed E-state index contributed by atoms with van der Waals surface area (Å²) in [6.07, 6.45) is 7.03. The fourth-order valence-electron chi connectivity index (χ4n) is 3.41. The number of benzene rings is 1. The third kappa shape index (κ3) is 5.50. The van der Waals surface area contributed by atoms with Crippen LogP contribution in [-0.2, 0) is 10.2 Å². The highest BCUT2D eigenvalue weighted by atomic mass is 35.5. The van der Waals surface area contributed by atoms with Gasteiger partial charge in [-0.15, -0.1) is 12.4 Å². The van der Waals surface area contributed by atoms with Crippen molar-refractivity contribution in [2.75, 3.05) is 6.54 Å². The predicted octanol–water partition coefficient (Wildman–Crippen LogP) is 4.25. The Kier molecular flexibility index (Phi) is 8.07. The molecule has 0 saturated heterocycles. The third-order valence-electron chi connectivity index (χ3n) is 4.82. The van der Waals surface area contributed by atoms with Gasteiger partial charge in [0.2, 0.25) is 5.91 Å². The lowest BCUT2D eigenvalue weighted by molar-refractivity contribution is -0.122. The van der Waals surface area contributed by atoms with Gasteiger partial charge in [-0.2, -0.15) is 0 Å². The van der Waals surface area contributed by atoms with Crippen molar-refractivity contribution in [2.45, 2.75) is 70.3 Å². The SMILES string of the molecule is CC1(C)CCC(NC(=O)CCCCCCN)c2ccccc21.Cl. The molecule has 1 atom stereocenters. The van der Waals surface area contributed by atoms with Crippen LogP contribution in [0.15, 0.2) is 24.3 Å². The number of hydrogen-bond acceptors (Lipinski definition) is 2. The van der Waals surface area contributed by atoms with E-state index in [2.05, 4.69) is 43.4 Å². The zero-order chi connectivity index (χ0) is 16.0. The van der Waals surface area contributed by atoms with Crippen molar-refractivity contribution in [2.24, 2.45) is 5.73 Å². The van der Waals surface area contributed by atoms with Gasteiger partial charge in [-0.25, -0.2) is 0 Å². The van der Waals surface area contributed by atoms with E-state index in [4.69, 9.17) is 5.73 Å². The van der Waals surface area contributed by atoms with Gasteiger partial charge in [0.25, 0.3) is 0 Å². The molecule has 0 saturated carbocycles. The van der Waals surface area contributed by atoms with Crippen LogP contribution in [0.3, 0.4) is 0 Å². The summed E-state index contributed by atoms with van der Waals surface area (Å²) in [6, 6.07) is 8.73. The van der Waals surface area contributed by atoms with E-state index in [9.17, 15) is 4.79 Å². The van der Waals surface area contributed by atoms with Crippen molar-refractivity contribution in [3.8, 4) is 0 Å². The minimum Gasteiger partial charge on any atom is -0.349 e. The van der Waals surface area contributed by atoms with Crippen LogP contribution in [0.5, 0.6) is 0 Å². The molecule has 4 heteroatoms. The van der Waals surface area contributed by atoms with E-state index in [0.29, 0.717) is 6.42 Å². The monoisotopic (exact) mass is 338 g/mol. The van der Waals surface area contributed by atoms with E-state index >= 15 is 0 Å². The summed E-state index contributed by atoms with van der Waals surface area (Å²) in [7, 11) is 0. The highest BCUT2D eigenvalue weighted by Crippen LogP contribution is 2.41. The first-order chi connectivity index (χ1) is 10.5. The fourth-order valence-corrected chi connectivity index (χ4v) is 3.41. The molecule has 3 nitrogen and oxygen atoms in total. The summed E-state index contributed by atoms with van der Waals surface area (Å²) >= 11 is 0. The molecular formula is C19H31ClN2O. The Morgan fingerprint density at radius 2 is 1.91 bits per heavy atom. The molecule has 130 valence electrons. The highest BCUT2D eigenvalue weighted by molar-refractivity contribution is 5.85. The molecule has 3 N–H and O–H groups in total. The van der Waals surface area contributed by atoms with Crippen LogP contribution in [0.2, 0.25) is 0 Å². The first kappa shape index (κ1) is 20.0. The lowest BCUT2D eigenvalue weighted by atomic mass is 9.71. The Labute approximate surface area is 146 Å². The topological polar surface area (TPSA) is 55.1 Å². The second-order valence-electron chi connectivity index (χ2n) is 7.08. The molecule has 1 aromatic carbocycles. The van der Waals surface area contributed by atoms with Gasteiger partial charge in [0, 0.05) is 6.42 Å². The minimum absolute atomic E-state index is 0. The maximum Gasteiger partial charge on any atom is 0.220 e. The standard InChI is InChI=1S/C19H30N2O.ClH/c1-19(2)13-12-17(15-9-6-7-10-16(15)19)21-18(22)11-5-3-4-8-14-20;/h6-7,9-10,17H,3-5,8,11-14,20H2,1-2H3,(H,21,22);1H. The van der Waals surface area contributed by atoms with Crippen LogP contribution in [0.4, 0.5) is 0 Å². The summed E-state index contributed by atoms with van der Waals surface area (Å²) in [6.45, 7) is 5.34. The molecule has 0 spiro atoms. The number of halogens is 1. The molecule has 0 fully saturated rings. The number of unbranched alkanes of at least 4 members (excludes halogenated alkanes) is 3. The van der Waals surface area contributed by atoms with Gasteiger partial charge >= 0.3 is 0 Å². The molecule has 1 aromatic rings. The van der Waals surface area contributed by atoms with Gasteiger partial charge in [0.15, 0.2) is 0 Å². The molecule has 2 rings (SSSR count). The Morgan fingerprint density at radius 1 is 1.22 bits per heavy atom. The average Bonchev–Trinajstić information content (AvgIpc) is 2.50. The average molecular weight is 339 g/mol. The van der Waals surface area contributed by atoms with E-state index in [1.165, 1.54) is 11.1 Å². The molecular weight excluding hydrogens is 308 g/mol. The molecule has 0 aromatic heterocycles. The first-order valence-electron chi connectivity index (χ1n) is 8.63. The molecule has 1 aliphatic rings. The molecule has 0 bridgehead atoms. The van der Waals surface area contributed by atoms with Crippen LogP contribution in [0, 0.1) is 0 Å². The van der Waals surface area contributed by atoms with Crippen molar-refractivity contribution < 1.29 is 4.79 Å². The maximum absolute atomic E-state index is 12.2. The number of hydrogen-bond donors (Lipinski definition) is 2. The van der Waals surface area contributed by atoms with Crippen molar-refractivity contribution >= 4 is 18.3 Å². The number of nitrogens with two attached hydrogens (primary N) is 1. The van der Waals surface area contributed by atoms with E-state index in [1.807, 2.05) is 0 Å². The molecule has 1 aliphatic carbocycles. The lowest BCUT2D eigenvalue weighted by Gasteiger charge is -2.37. The number of amides is 1. The Morgan fingerprint density at radius 3 is 2.65 bits per heavy atom. The first-order valence-corrected chi connectivity index (χ1v) is 8.63. The van der Waals surface area contributed by atoms with Gasteiger partial charge < -0.3 is 11.1 Å². The summed E-state index contributed by atoms with van der Waals surface area (Å²) in [5.41, 5.74) is 8.38. The quantitative estimate of drug-likeness (QED) is 0.730. The number of nitrogens with one attached hydrogen (secondary N) is 1. The van der Waals surface area contributed by atoms with E-state index in [1.54, 1.807) is 0 Å². The van der Waals surface area contributed by atoms with Crippen LogP contribution in [0.1, 0.15) is 76.0 Å². The van der Waals surface area contributed by atoms with Crippen LogP contribution in [0.25, 0.3) is 0 Å². The number of carbonyl (C=O) groups is 1. The van der Waals surface area contributed by atoms with Crippen molar-refractivity contribution in [3.05, 3.63) is 35.4 Å². The Bertz CT molecular complexity index is 502. The fraction of sp³-hybridized carbons (Fsp3) is 0.632. The Balaban J connectivity index is 0.00000264. The van der Waals surface area contributed by atoms with E-state index in [0.717, 1.165) is 45.1 Å². The summed E-state index contributed by atoms with van der Waals surface area (Å²) in [5, 5.41) is 3.24. The molecule has 1 unspecified atom stereocenters. The van der Waals surface area contributed by atoms with Gasteiger partial charge in [-0.1, -0.05) is 51.0 Å². The van der Waals surface area contributed by atoms with Gasteiger partial charge in [-0.05, 0) is 48.8 Å². The maximum atomic E-state index is 12.2. The van der Waals surface area contributed by atoms with Gasteiger partial charge in [0.05, 0.1) is 6.04 Å². The second kappa shape index (κ2) is 9.29. The smallest absolute Gasteiger partial charge is 0.220 e. The van der Waals surface area contributed by atoms with E-state index in [-0.39, 0.29) is 29.8 Å². The second-order valence-corrected chi connectivity index (χ2v) is 7.08. The Hall–Kier alpha value is -1.06. The summed E-state index contributed by atoms with van der Waals surface area (Å²) in [4.78, 5) is 12.2. The number of carbonyl (C=O) groups excluding carboxylic acids is 1. The van der Waals surface area contributed by atoms with Crippen LogP contribution < -0.4 is 11.1 Å². The minimum atomic E-state index is 0. The largest absolute Gasteiger partial charge is 0.349 e. The predicted molar refractivity (Wildman–Crippen MR) is 99.0 cm³/mol. The van der Waals surface area contributed by atoms with Crippen molar-refractivity contribution in [3.63, 3.8) is 0 Å². The highest BCUT2D eigenvalue weighted by Gasteiger charge is 2.32. The third-order valence-corrected chi connectivity index (χ3v) is 4.82. The molecule has 0 aliphatic heterocycles. The zero-order valence-electron chi connectivity index (χ0n) is 14.4. The van der Waals surface area contributed by atoms with Gasteiger partial charge in [-0.3, -0.25) is 4.79 Å². The summed E-state index contributed by atoms with van der Waals surface area (Å²) in [5.74, 6) is 0.187. The van der Waals surface area contributed by atoms with Crippen LogP contribution >= 0.6 is 12.4 Å². The summed E-state index contributed by atoms with van der Waals surface area (Å²) < 4.78 is 0. The molecule has 1 amide bonds. The lowest BCUT2D eigenvalue weighted by Crippen LogP contribution is -2.35. The van der Waals surface area contributed by atoms with Gasteiger partial charge in [0.1, 0.15) is 0 Å². The zero-order valence-corrected chi connectivity index (χ0v) is 15.3. The molecule has 23 heavy (non-hydrogen) atoms. The number of fused-ring (bicyclic) bond motifs is 1. The molecule has 0 radical (unpaired) electrons. The normalized spacial score (nSPS) is 18.7. The number of rotatable bonds is 7. The molecule has 0 heterocycles.